The van der Waals surface area contributed by atoms with Crippen LogP contribution in [-0.4, -0.2) is 32.1 Å². The molecule has 0 atom stereocenters. The van der Waals surface area contributed by atoms with Crippen LogP contribution in [0, 0.1) is 0 Å². The molecule has 1 N–H and O–H groups in total. The topological polar surface area (TPSA) is 15.3 Å². The first-order valence-electron chi connectivity index (χ1n) is 6.34. The van der Waals surface area contributed by atoms with Gasteiger partial charge in [0.15, 0.2) is 0 Å². The van der Waals surface area contributed by atoms with Gasteiger partial charge in [0.25, 0.3) is 0 Å². The minimum Gasteiger partial charge on any atom is -0.311 e. The fraction of sp³-hybridized carbons (Fsp3) is 0.600. The van der Waals surface area contributed by atoms with Crippen molar-refractivity contribution in [2.75, 3.05) is 27.2 Å². The first-order chi connectivity index (χ1) is 7.89. The molecule has 0 saturated heterocycles. The summed E-state index contributed by atoms with van der Waals surface area (Å²) in [6, 6.07) is 8.93. The van der Waals surface area contributed by atoms with Crippen molar-refractivity contribution in [2.45, 2.75) is 32.7 Å². The molecule has 0 unspecified atom stereocenters. The second kappa shape index (κ2) is 6.18. The van der Waals surface area contributed by atoms with E-state index in [1.807, 2.05) is 0 Å². The number of hydrogen-bond donors (Lipinski definition) is 1. The highest BCUT2D eigenvalue weighted by atomic mass is 15.1. The Balaban J connectivity index is 2.41. The molecule has 0 radical (unpaired) electrons. The summed E-state index contributed by atoms with van der Waals surface area (Å²) in [6.45, 7) is 9.82. The number of nitrogens with one attached hydrogen (secondary N) is 1. The molecule has 0 fully saturated rings. The Morgan fingerprint density at radius 3 is 2.12 bits per heavy atom. The van der Waals surface area contributed by atoms with Gasteiger partial charge in [0, 0.05) is 19.6 Å². The van der Waals surface area contributed by atoms with Crippen molar-refractivity contribution in [3.8, 4) is 0 Å². The fourth-order valence-corrected chi connectivity index (χ4v) is 1.66. The molecule has 0 aliphatic heterocycles. The summed E-state index contributed by atoms with van der Waals surface area (Å²) in [6.07, 6.45) is 0. The van der Waals surface area contributed by atoms with Gasteiger partial charge < -0.3 is 10.2 Å². The van der Waals surface area contributed by atoms with Crippen LogP contribution in [0.2, 0.25) is 0 Å². The molecule has 17 heavy (non-hydrogen) atoms. The van der Waals surface area contributed by atoms with Crippen LogP contribution in [0.4, 0.5) is 0 Å². The minimum absolute atomic E-state index is 0.247. The van der Waals surface area contributed by atoms with Gasteiger partial charge in [-0.05, 0) is 30.6 Å². The average Bonchev–Trinajstić information content (AvgIpc) is 2.23. The largest absolute Gasteiger partial charge is 0.311 e. The lowest BCUT2D eigenvalue weighted by molar-refractivity contribution is 0.400. The number of likely N-dealkylation sites (N-methyl/N-ethyl adjacent to an activating group) is 1. The molecule has 0 aliphatic rings. The first kappa shape index (κ1) is 14.2. The molecule has 0 saturated carbocycles. The average molecular weight is 234 g/mol. The molecule has 1 aromatic rings. The van der Waals surface area contributed by atoms with E-state index in [1.165, 1.54) is 11.1 Å². The summed E-state index contributed by atoms with van der Waals surface area (Å²) in [7, 11) is 4.19. The van der Waals surface area contributed by atoms with Crippen molar-refractivity contribution < 1.29 is 0 Å². The lowest BCUT2D eigenvalue weighted by atomic mass is 9.87. The molecule has 1 rings (SSSR count). The molecule has 0 aliphatic carbocycles. The van der Waals surface area contributed by atoms with Gasteiger partial charge in [0.2, 0.25) is 0 Å². The molecule has 0 aromatic heterocycles. The highest BCUT2D eigenvalue weighted by Crippen LogP contribution is 2.21. The Hall–Kier alpha value is -0.860. The van der Waals surface area contributed by atoms with Crippen LogP contribution >= 0.6 is 0 Å². The van der Waals surface area contributed by atoms with E-state index in [2.05, 4.69) is 69.3 Å². The second-order valence-corrected chi connectivity index (χ2v) is 5.93. The van der Waals surface area contributed by atoms with Gasteiger partial charge in [-0.25, -0.2) is 0 Å². The third-order valence-electron chi connectivity index (χ3n) is 2.88. The molecule has 0 spiro atoms. The van der Waals surface area contributed by atoms with Crippen molar-refractivity contribution >= 4 is 0 Å². The summed E-state index contributed by atoms with van der Waals surface area (Å²) >= 11 is 0. The van der Waals surface area contributed by atoms with Crippen LogP contribution in [0.1, 0.15) is 31.9 Å². The smallest absolute Gasteiger partial charge is 0.0206 e. The molecule has 2 nitrogen and oxygen atoms in total. The fourth-order valence-electron chi connectivity index (χ4n) is 1.66. The number of hydrogen-bond acceptors (Lipinski definition) is 2. The Morgan fingerprint density at radius 2 is 1.65 bits per heavy atom. The standard InChI is InChI=1S/C15H26N2/c1-15(2,3)14-8-6-13(7-9-14)12-16-10-11-17(4)5/h6-9,16H,10-12H2,1-5H3. The van der Waals surface area contributed by atoms with Gasteiger partial charge >= 0.3 is 0 Å². The predicted molar refractivity (Wildman–Crippen MR) is 75.4 cm³/mol. The van der Waals surface area contributed by atoms with Gasteiger partial charge in [-0.15, -0.1) is 0 Å². The van der Waals surface area contributed by atoms with Crippen LogP contribution in [0.25, 0.3) is 0 Å². The maximum Gasteiger partial charge on any atom is 0.0206 e. The molecular weight excluding hydrogens is 208 g/mol. The number of benzene rings is 1. The van der Waals surface area contributed by atoms with Crippen molar-refractivity contribution in [1.29, 1.82) is 0 Å². The Bertz CT molecular complexity index is 320. The van der Waals surface area contributed by atoms with Gasteiger partial charge in [0.1, 0.15) is 0 Å². The Labute approximate surface area is 106 Å². The summed E-state index contributed by atoms with van der Waals surface area (Å²) in [5.74, 6) is 0. The Kier molecular flexibility index (Phi) is 5.16. The van der Waals surface area contributed by atoms with Crippen LogP contribution in [0.5, 0.6) is 0 Å². The van der Waals surface area contributed by atoms with Crippen molar-refractivity contribution in [3.05, 3.63) is 35.4 Å². The quantitative estimate of drug-likeness (QED) is 0.788. The highest BCUT2D eigenvalue weighted by Gasteiger charge is 2.12. The highest BCUT2D eigenvalue weighted by molar-refractivity contribution is 5.27. The summed E-state index contributed by atoms with van der Waals surface area (Å²) in [5, 5.41) is 3.45. The van der Waals surface area contributed by atoms with Gasteiger partial charge in [-0.1, -0.05) is 45.0 Å². The molecule has 0 heterocycles. The molecular formula is C15H26N2. The van der Waals surface area contributed by atoms with Gasteiger partial charge in [-0.2, -0.15) is 0 Å². The van der Waals surface area contributed by atoms with Crippen molar-refractivity contribution in [3.63, 3.8) is 0 Å². The maximum absolute atomic E-state index is 3.45. The van der Waals surface area contributed by atoms with Crippen LogP contribution in [-0.2, 0) is 12.0 Å². The minimum atomic E-state index is 0.247. The number of rotatable bonds is 5. The van der Waals surface area contributed by atoms with Crippen LogP contribution in [0.3, 0.4) is 0 Å². The summed E-state index contributed by atoms with van der Waals surface area (Å²) < 4.78 is 0. The van der Waals surface area contributed by atoms with Gasteiger partial charge in [-0.3, -0.25) is 0 Å². The predicted octanol–water partition coefficient (Wildman–Crippen LogP) is 2.64. The van der Waals surface area contributed by atoms with Gasteiger partial charge in [0.05, 0.1) is 0 Å². The van der Waals surface area contributed by atoms with Crippen LogP contribution < -0.4 is 5.32 Å². The van der Waals surface area contributed by atoms with Crippen molar-refractivity contribution in [2.24, 2.45) is 0 Å². The molecule has 0 bridgehead atoms. The molecule has 0 amide bonds. The SMILES string of the molecule is CN(C)CCNCc1ccc(C(C)(C)C)cc1. The second-order valence-electron chi connectivity index (χ2n) is 5.93. The van der Waals surface area contributed by atoms with E-state index in [-0.39, 0.29) is 5.41 Å². The van der Waals surface area contributed by atoms with E-state index in [4.69, 9.17) is 0 Å². The normalized spacial score (nSPS) is 12.1. The third-order valence-corrected chi connectivity index (χ3v) is 2.88. The zero-order valence-corrected chi connectivity index (χ0v) is 11.9. The monoisotopic (exact) mass is 234 g/mol. The van der Waals surface area contributed by atoms with E-state index in [0.717, 1.165) is 19.6 Å². The van der Waals surface area contributed by atoms with Crippen molar-refractivity contribution in [1.82, 2.24) is 10.2 Å². The van der Waals surface area contributed by atoms with E-state index >= 15 is 0 Å². The van der Waals surface area contributed by atoms with E-state index in [0.29, 0.717) is 0 Å². The molecule has 1 aromatic carbocycles. The summed E-state index contributed by atoms with van der Waals surface area (Å²) in [5.41, 5.74) is 3.00. The zero-order chi connectivity index (χ0) is 12.9. The lowest BCUT2D eigenvalue weighted by Crippen LogP contribution is -2.26. The van der Waals surface area contributed by atoms with E-state index in [9.17, 15) is 0 Å². The first-order valence-corrected chi connectivity index (χ1v) is 6.34. The summed E-state index contributed by atoms with van der Waals surface area (Å²) in [4.78, 5) is 2.19. The van der Waals surface area contributed by atoms with E-state index in [1.54, 1.807) is 0 Å². The Morgan fingerprint density at radius 1 is 1.06 bits per heavy atom. The third kappa shape index (κ3) is 5.33. The number of nitrogens with zero attached hydrogens (tertiary/aromatic N) is 1. The maximum atomic E-state index is 3.45. The van der Waals surface area contributed by atoms with E-state index < -0.39 is 0 Å². The molecule has 2 heteroatoms. The van der Waals surface area contributed by atoms with Crippen LogP contribution in [0.15, 0.2) is 24.3 Å². The lowest BCUT2D eigenvalue weighted by Gasteiger charge is -2.19. The zero-order valence-electron chi connectivity index (χ0n) is 11.9. The molecule has 96 valence electrons.